The molecule has 140 valence electrons. The topological polar surface area (TPSA) is 75.7 Å². The third kappa shape index (κ3) is 4.98. The van der Waals surface area contributed by atoms with Gasteiger partial charge in [-0.15, -0.1) is 0 Å². The van der Waals surface area contributed by atoms with Crippen LogP contribution in [0.4, 0.5) is 5.69 Å². The number of hydrogen-bond donors (Lipinski definition) is 1. The standard InChI is InChI=1S/C19H24N2O4S/c1-14-9-5-8-12-18(14)25-13-15(2)20-19(22)16-10-6-7-11-17(16)21(3)26(4,23)24/h5-12,15H,13H2,1-4H3,(H,20,22)/t15-/m1/s1. The number of hydrogen-bond acceptors (Lipinski definition) is 4. The molecule has 0 saturated heterocycles. The predicted octanol–water partition coefficient (Wildman–Crippen LogP) is 2.59. The van der Waals surface area contributed by atoms with Crippen LogP contribution in [0.1, 0.15) is 22.8 Å². The first kappa shape index (κ1) is 19.8. The zero-order valence-corrected chi connectivity index (χ0v) is 16.2. The van der Waals surface area contributed by atoms with Crippen molar-refractivity contribution >= 4 is 21.6 Å². The van der Waals surface area contributed by atoms with Gasteiger partial charge in [-0.25, -0.2) is 8.42 Å². The van der Waals surface area contributed by atoms with Crippen LogP contribution in [0.5, 0.6) is 5.75 Å². The highest BCUT2D eigenvalue weighted by atomic mass is 32.2. The fourth-order valence-electron chi connectivity index (χ4n) is 2.40. The first-order valence-corrected chi connectivity index (χ1v) is 10.1. The number of aryl methyl sites for hydroxylation is 1. The summed E-state index contributed by atoms with van der Waals surface area (Å²) in [4.78, 5) is 12.6. The highest BCUT2D eigenvalue weighted by molar-refractivity contribution is 7.92. The van der Waals surface area contributed by atoms with Crippen LogP contribution in [0.3, 0.4) is 0 Å². The fourth-order valence-corrected chi connectivity index (χ4v) is 2.91. The molecule has 0 radical (unpaired) electrons. The summed E-state index contributed by atoms with van der Waals surface area (Å²) in [6.45, 7) is 4.09. The molecule has 0 heterocycles. The Morgan fingerprint density at radius 3 is 2.42 bits per heavy atom. The summed E-state index contributed by atoms with van der Waals surface area (Å²) in [6.07, 6.45) is 1.10. The third-order valence-electron chi connectivity index (χ3n) is 3.95. The van der Waals surface area contributed by atoms with Gasteiger partial charge in [0.25, 0.3) is 5.91 Å². The minimum atomic E-state index is -3.46. The number of benzene rings is 2. The number of nitrogens with one attached hydrogen (secondary N) is 1. The van der Waals surface area contributed by atoms with Crippen LogP contribution in [0, 0.1) is 6.92 Å². The minimum Gasteiger partial charge on any atom is -0.491 e. The van der Waals surface area contributed by atoms with E-state index in [9.17, 15) is 13.2 Å². The van der Waals surface area contributed by atoms with Crippen LogP contribution >= 0.6 is 0 Å². The Labute approximate surface area is 154 Å². The Kier molecular flexibility index (Phi) is 6.26. The molecule has 0 spiro atoms. The third-order valence-corrected chi connectivity index (χ3v) is 5.14. The Balaban J connectivity index is 2.07. The Hall–Kier alpha value is -2.54. The lowest BCUT2D eigenvalue weighted by molar-refractivity contribution is 0.0927. The van der Waals surface area contributed by atoms with E-state index in [0.717, 1.165) is 21.9 Å². The van der Waals surface area contributed by atoms with Crippen molar-refractivity contribution in [3.63, 3.8) is 0 Å². The average Bonchev–Trinajstić information content (AvgIpc) is 2.59. The zero-order chi connectivity index (χ0) is 19.3. The van der Waals surface area contributed by atoms with E-state index >= 15 is 0 Å². The van der Waals surface area contributed by atoms with Gasteiger partial charge in [-0.05, 0) is 37.6 Å². The van der Waals surface area contributed by atoms with Gasteiger partial charge >= 0.3 is 0 Å². The van der Waals surface area contributed by atoms with E-state index < -0.39 is 10.0 Å². The molecule has 1 atom stereocenters. The lowest BCUT2D eigenvalue weighted by Gasteiger charge is -2.21. The van der Waals surface area contributed by atoms with Crippen LogP contribution in [-0.2, 0) is 10.0 Å². The number of ether oxygens (including phenoxy) is 1. The van der Waals surface area contributed by atoms with E-state index in [4.69, 9.17) is 4.74 Å². The average molecular weight is 376 g/mol. The molecule has 0 aliphatic carbocycles. The number of rotatable bonds is 7. The van der Waals surface area contributed by atoms with Gasteiger partial charge in [0.2, 0.25) is 10.0 Å². The quantitative estimate of drug-likeness (QED) is 0.806. The molecule has 2 rings (SSSR count). The molecular formula is C19H24N2O4S. The predicted molar refractivity (Wildman–Crippen MR) is 103 cm³/mol. The number of nitrogens with zero attached hydrogens (tertiary/aromatic N) is 1. The summed E-state index contributed by atoms with van der Waals surface area (Å²) < 4.78 is 30.4. The maximum atomic E-state index is 12.6. The number of para-hydroxylation sites is 2. The van der Waals surface area contributed by atoms with Crippen molar-refractivity contribution in [1.82, 2.24) is 5.32 Å². The molecule has 1 amide bonds. The summed E-state index contributed by atoms with van der Waals surface area (Å²) >= 11 is 0. The van der Waals surface area contributed by atoms with Gasteiger partial charge in [-0.3, -0.25) is 9.10 Å². The monoisotopic (exact) mass is 376 g/mol. The zero-order valence-electron chi connectivity index (χ0n) is 15.4. The number of carbonyl (C=O) groups excluding carboxylic acids is 1. The van der Waals surface area contributed by atoms with Crippen molar-refractivity contribution in [3.05, 3.63) is 59.7 Å². The normalized spacial score (nSPS) is 12.3. The number of anilines is 1. The van der Waals surface area contributed by atoms with Gasteiger partial charge in [0.15, 0.2) is 0 Å². The van der Waals surface area contributed by atoms with Gasteiger partial charge in [0.1, 0.15) is 12.4 Å². The van der Waals surface area contributed by atoms with E-state index in [-0.39, 0.29) is 11.9 Å². The fraction of sp³-hybridized carbons (Fsp3) is 0.316. The van der Waals surface area contributed by atoms with Gasteiger partial charge < -0.3 is 10.1 Å². The molecule has 0 aliphatic heterocycles. The lowest BCUT2D eigenvalue weighted by Crippen LogP contribution is -2.38. The van der Waals surface area contributed by atoms with Crippen molar-refractivity contribution in [2.45, 2.75) is 19.9 Å². The minimum absolute atomic E-state index is 0.251. The van der Waals surface area contributed by atoms with Gasteiger partial charge in [0.05, 0.1) is 23.5 Å². The highest BCUT2D eigenvalue weighted by Crippen LogP contribution is 2.21. The van der Waals surface area contributed by atoms with E-state index in [2.05, 4.69) is 5.32 Å². The molecule has 6 nitrogen and oxygen atoms in total. The van der Waals surface area contributed by atoms with Crippen LogP contribution < -0.4 is 14.4 Å². The SMILES string of the molecule is Cc1ccccc1OC[C@@H](C)NC(=O)c1ccccc1N(C)S(C)(=O)=O. The number of amides is 1. The molecule has 2 aromatic carbocycles. The second-order valence-corrected chi connectivity index (χ2v) is 8.21. The molecule has 0 bridgehead atoms. The molecule has 2 aromatic rings. The largest absolute Gasteiger partial charge is 0.491 e. The van der Waals surface area contributed by atoms with Crippen molar-refractivity contribution in [3.8, 4) is 5.75 Å². The summed E-state index contributed by atoms with van der Waals surface area (Å²) in [6, 6.07) is 14.0. The molecule has 0 aliphatic rings. The first-order chi connectivity index (χ1) is 12.2. The van der Waals surface area contributed by atoms with Crippen LogP contribution in [-0.4, -0.2) is 40.3 Å². The molecular weight excluding hydrogens is 352 g/mol. The molecule has 0 unspecified atom stereocenters. The number of carbonyl (C=O) groups is 1. The summed E-state index contributed by atoms with van der Waals surface area (Å²) in [7, 11) is -2.04. The summed E-state index contributed by atoms with van der Waals surface area (Å²) in [5.41, 5.74) is 1.65. The van der Waals surface area contributed by atoms with Crippen LogP contribution in [0.2, 0.25) is 0 Å². The molecule has 0 saturated carbocycles. The second kappa shape index (κ2) is 8.23. The maximum absolute atomic E-state index is 12.6. The molecule has 0 aromatic heterocycles. The van der Waals surface area contributed by atoms with E-state index in [1.165, 1.54) is 7.05 Å². The first-order valence-electron chi connectivity index (χ1n) is 8.22. The van der Waals surface area contributed by atoms with Crippen molar-refractivity contribution < 1.29 is 17.9 Å². The molecule has 7 heteroatoms. The molecule has 1 N–H and O–H groups in total. The van der Waals surface area contributed by atoms with Gasteiger partial charge in [-0.1, -0.05) is 30.3 Å². The van der Waals surface area contributed by atoms with Crippen LogP contribution in [0.25, 0.3) is 0 Å². The maximum Gasteiger partial charge on any atom is 0.253 e. The van der Waals surface area contributed by atoms with Crippen molar-refractivity contribution in [2.24, 2.45) is 0 Å². The molecule has 0 fully saturated rings. The van der Waals surface area contributed by atoms with Gasteiger partial charge in [-0.2, -0.15) is 0 Å². The smallest absolute Gasteiger partial charge is 0.253 e. The summed E-state index contributed by atoms with van der Waals surface area (Å²) in [5.74, 6) is 0.419. The Morgan fingerprint density at radius 1 is 1.15 bits per heavy atom. The Bertz CT molecular complexity index is 881. The number of sulfonamides is 1. The van der Waals surface area contributed by atoms with E-state index in [1.807, 2.05) is 38.1 Å². The van der Waals surface area contributed by atoms with E-state index in [0.29, 0.717) is 17.9 Å². The molecule has 26 heavy (non-hydrogen) atoms. The highest BCUT2D eigenvalue weighted by Gasteiger charge is 2.20. The van der Waals surface area contributed by atoms with Gasteiger partial charge in [0, 0.05) is 7.05 Å². The van der Waals surface area contributed by atoms with Crippen molar-refractivity contribution in [2.75, 3.05) is 24.2 Å². The second-order valence-electron chi connectivity index (χ2n) is 6.20. The van der Waals surface area contributed by atoms with Crippen LogP contribution in [0.15, 0.2) is 48.5 Å². The van der Waals surface area contributed by atoms with E-state index in [1.54, 1.807) is 24.3 Å². The lowest BCUT2D eigenvalue weighted by atomic mass is 10.1. The summed E-state index contributed by atoms with van der Waals surface area (Å²) in [5, 5.41) is 2.85. The Morgan fingerprint density at radius 2 is 1.77 bits per heavy atom. The van der Waals surface area contributed by atoms with Crippen molar-refractivity contribution in [1.29, 1.82) is 0 Å².